The lowest BCUT2D eigenvalue weighted by Crippen LogP contribution is -2.40. The maximum Gasteiger partial charge on any atom is 0.317 e. The Bertz CT molecular complexity index is 281. The Labute approximate surface area is 95.1 Å². The molecule has 84 valence electrons. The molecule has 0 spiro atoms. The minimum Gasteiger partial charge on any atom is -0.338 e. The molecule has 0 saturated carbocycles. The molecular formula is C11H18N2OS. The van der Waals surface area contributed by atoms with E-state index >= 15 is 0 Å². The first kappa shape index (κ1) is 12.0. The van der Waals surface area contributed by atoms with Gasteiger partial charge < -0.3 is 10.2 Å². The van der Waals surface area contributed by atoms with Crippen molar-refractivity contribution in [2.24, 2.45) is 0 Å². The second-order valence-electron chi connectivity index (χ2n) is 3.23. The number of hydrogen-bond donors (Lipinski definition) is 1. The number of hydrogen-bond acceptors (Lipinski definition) is 2. The van der Waals surface area contributed by atoms with Crippen molar-refractivity contribution in [2.45, 2.75) is 20.3 Å². The molecule has 0 aliphatic heterocycles. The van der Waals surface area contributed by atoms with Crippen molar-refractivity contribution >= 4 is 17.4 Å². The van der Waals surface area contributed by atoms with E-state index in [-0.39, 0.29) is 6.03 Å². The SMILES string of the molecule is CCN(CC)C(=O)NCCc1cccs1. The molecule has 0 fully saturated rings. The third kappa shape index (κ3) is 3.91. The van der Waals surface area contributed by atoms with E-state index in [1.54, 1.807) is 16.2 Å². The number of thiophene rings is 1. The second kappa shape index (κ2) is 6.45. The Hall–Kier alpha value is -1.03. The normalized spacial score (nSPS) is 10.0. The third-order valence-electron chi connectivity index (χ3n) is 2.28. The molecule has 1 aromatic rings. The lowest BCUT2D eigenvalue weighted by molar-refractivity contribution is 0.203. The van der Waals surface area contributed by atoms with Gasteiger partial charge in [0, 0.05) is 24.5 Å². The van der Waals surface area contributed by atoms with E-state index in [9.17, 15) is 4.79 Å². The van der Waals surface area contributed by atoms with Crippen LogP contribution < -0.4 is 5.32 Å². The van der Waals surface area contributed by atoms with Crippen LogP contribution in [0, 0.1) is 0 Å². The Morgan fingerprint density at radius 1 is 1.47 bits per heavy atom. The number of nitrogens with one attached hydrogen (secondary N) is 1. The van der Waals surface area contributed by atoms with Crippen molar-refractivity contribution < 1.29 is 4.79 Å². The van der Waals surface area contributed by atoms with Crippen molar-refractivity contribution in [3.63, 3.8) is 0 Å². The van der Waals surface area contributed by atoms with Gasteiger partial charge in [-0.2, -0.15) is 0 Å². The van der Waals surface area contributed by atoms with Gasteiger partial charge in [-0.3, -0.25) is 0 Å². The fourth-order valence-corrected chi connectivity index (χ4v) is 2.08. The van der Waals surface area contributed by atoms with Crippen LogP contribution in [0.3, 0.4) is 0 Å². The quantitative estimate of drug-likeness (QED) is 0.821. The average molecular weight is 226 g/mol. The summed E-state index contributed by atoms with van der Waals surface area (Å²) in [7, 11) is 0. The molecule has 2 amide bonds. The first-order chi connectivity index (χ1) is 7.27. The van der Waals surface area contributed by atoms with Gasteiger partial charge in [0.1, 0.15) is 0 Å². The molecule has 0 bridgehead atoms. The molecule has 0 radical (unpaired) electrons. The number of amides is 2. The molecule has 0 aromatic carbocycles. The van der Waals surface area contributed by atoms with E-state index in [2.05, 4.69) is 16.8 Å². The molecule has 0 aliphatic rings. The fourth-order valence-electron chi connectivity index (χ4n) is 1.37. The maximum absolute atomic E-state index is 11.6. The van der Waals surface area contributed by atoms with E-state index in [4.69, 9.17) is 0 Å². The molecule has 0 unspecified atom stereocenters. The van der Waals surface area contributed by atoms with Crippen molar-refractivity contribution in [3.8, 4) is 0 Å². The van der Waals surface area contributed by atoms with Crippen LogP contribution in [-0.4, -0.2) is 30.6 Å². The zero-order valence-corrected chi connectivity index (χ0v) is 10.1. The minimum absolute atomic E-state index is 0.0385. The molecule has 4 heteroatoms. The van der Waals surface area contributed by atoms with Gasteiger partial charge in [0.2, 0.25) is 0 Å². The van der Waals surface area contributed by atoms with Gasteiger partial charge in [-0.25, -0.2) is 4.79 Å². The molecular weight excluding hydrogens is 208 g/mol. The number of carbonyl (C=O) groups is 1. The van der Waals surface area contributed by atoms with E-state index in [1.165, 1.54) is 4.88 Å². The second-order valence-corrected chi connectivity index (χ2v) is 4.27. The lowest BCUT2D eigenvalue weighted by atomic mass is 10.3. The minimum atomic E-state index is 0.0385. The predicted molar refractivity (Wildman–Crippen MR) is 64.3 cm³/mol. The smallest absolute Gasteiger partial charge is 0.317 e. The fraction of sp³-hybridized carbons (Fsp3) is 0.545. The number of urea groups is 1. The first-order valence-electron chi connectivity index (χ1n) is 5.33. The Kier molecular flexibility index (Phi) is 5.18. The van der Waals surface area contributed by atoms with Gasteiger partial charge in [0.05, 0.1) is 0 Å². The summed E-state index contributed by atoms with van der Waals surface area (Å²) >= 11 is 1.73. The van der Waals surface area contributed by atoms with Crippen molar-refractivity contribution in [1.82, 2.24) is 10.2 Å². The Morgan fingerprint density at radius 3 is 2.73 bits per heavy atom. The molecule has 0 aliphatic carbocycles. The van der Waals surface area contributed by atoms with E-state index in [0.717, 1.165) is 26.1 Å². The van der Waals surface area contributed by atoms with Crippen LogP contribution >= 0.6 is 11.3 Å². The van der Waals surface area contributed by atoms with E-state index < -0.39 is 0 Å². The van der Waals surface area contributed by atoms with Crippen LogP contribution in [-0.2, 0) is 6.42 Å². The molecule has 1 N–H and O–H groups in total. The maximum atomic E-state index is 11.6. The largest absolute Gasteiger partial charge is 0.338 e. The highest BCUT2D eigenvalue weighted by Gasteiger charge is 2.07. The summed E-state index contributed by atoms with van der Waals surface area (Å²) in [6.07, 6.45) is 0.921. The van der Waals surface area contributed by atoms with Gasteiger partial charge in [0.15, 0.2) is 0 Å². The van der Waals surface area contributed by atoms with Crippen LogP contribution in [0.25, 0.3) is 0 Å². The van der Waals surface area contributed by atoms with Crippen LogP contribution in [0.4, 0.5) is 4.79 Å². The highest BCUT2D eigenvalue weighted by atomic mass is 32.1. The zero-order chi connectivity index (χ0) is 11.1. The summed E-state index contributed by atoms with van der Waals surface area (Å²) in [5.74, 6) is 0. The Balaban J connectivity index is 2.22. The van der Waals surface area contributed by atoms with Crippen molar-refractivity contribution in [3.05, 3.63) is 22.4 Å². The van der Waals surface area contributed by atoms with Crippen LogP contribution in [0.2, 0.25) is 0 Å². The number of rotatable bonds is 5. The standard InChI is InChI=1S/C11H18N2OS/c1-3-13(4-2)11(14)12-8-7-10-6-5-9-15-10/h5-6,9H,3-4,7-8H2,1-2H3,(H,12,14). The zero-order valence-electron chi connectivity index (χ0n) is 9.32. The molecule has 0 atom stereocenters. The first-order valence-corrected chi connectivity index (χ1v) is 6.21. The van der Waals surface area contributed by atoms with Crippen molar-refractivity contribution in [1.29, 1.82) is 0 Å². The summed E-state index contributed by atoms with van der Waals surface area (Å²) in [6.45, 7) is 6.23. The lowest BCUT2D eigenvalue weighted by Gasteiger charge is -2.18. The summed E-state index contributed by atoms with van der Waals surface area (Å²) < 4.78 is 0. The monoisotopic (exact) mass is 226 g/mol. The molecule has 0 saturated heterocycles. The van der Waals surface area contributed by atoms with Gasteiger partial charge in [-0.15, -0.1) is 11.3 Å². The van der Waals surface area contributed by atoms with Crippen LogP contribution in [0.15, 0.2) is 17.5 Å². The highest BCUT2D eigenvalue weighted by molar-refractivity contribution is 7.09. The summed E-state index contributed by atoms with van der Waals surface area (Å²) in [4.78, 5) is 14.7. The van der Waals surface area contributed by atoms with Gasteiger partial charge >= 0.3 is 6.03 Å². The van der Waals surface area contributed by atoms with E-state index in [1.807, 2.05) is 19.9 Å². The van der Waals surface area contributed by atoms with Crippen LogP contribution in [0.5, 0.6) is 0 Å². The number of nitrogens with zero attached hydrogens (tertiary/aromatic N) is 1. The molecule has 1 heterocycles. The average Bonchev–Trinajstić information content (AvgIpc) is 2.72. The number of carbonyl (C=O) groups excluding carboxylic acids is 1. The van der Waals surface area contributed by atoms with Crippen LogP contribution in [0.1, 0.15) is 18.7 Å². The van der Waals surface area contributed by atoms with Gasteiger partial charge in [-0.05, 0) is 31.7 Å². The molecule has 3 nitrogen and oxygen atoms in total. The van der Waals surface area contributed by atoms with E-state index in [0.29, 0.717) is 0 Å². The molecule has 1 rings (SSSR count). The Morgan fingerprint density at radius 2 is 2.20 bits per heavy atom. The predicted octanol–water partition coefficient (Wildman–Crippen LogP) is 2.34. The molecule has 1 aromatic heterocycles. The summed E-state index contributed by atoms with van der Waals surface area (Å²) in [5, 5.41) is 4.97. The third-order valence-corrected chi connectivity index (χ3v) is 3.21. The summed E-state index contributed by atoms with van der Waals surface area (Å²) in [5.41, 5.74) is 0. The summed E-state index contributed by atoms with van der Waals surface area (Å²) in [6, 6.07) is 4.16. The van der Waals surface area contributed by atoms with Crippen molar-refractivity contribution in [2.75, 3.05) is 19.6 Å². The topological polar surface area (TPSA) is 32.3 Å². The highest BCUT2D eigenvalue weighted by Crippen LogP contribution is 2.08. The molecule has 15 heavy (non-hydrogen) atoms. The van der Waals surface area contributed by atoms with Gasteiger partial charge in [0.25, 0.3) is 0 Å². The van der Waals surface area contributed by atoms with Gasteiger partial charge in [-0.1, -0.05) is 6.07 Å².